The van der Waals surface area contributed by atoms with Crippen molar-refractivity contribution in [2.24, 2.45) is 0 Å². The summed E-state index contributed by atoms with van der Waals surface area (Å²) in [5.41, 5.74) is 4.63. The molecule has 0 spiro atoms. The fraction of sp³-hybridized carbons (Fsp3) is 0.273. The number of halogens is 1. The minimum absolute atomic E-state index is 0.0900. The first-order valence-corrected chi connectivity index (χ1v) is 13.8. The highest BCUT2D eigenvalue weighted by molar-refractivity contribution is 5.99. The van der Waals surface area contributed by atoms with E-state index in [4.69, 9.17) is 14.5 Å². The number of hydrogen-bond acceptors (Lipinski definition) is 8. The molecule has 0 unspecified atom stereocenters. The zero-order valence-corrected chi connectivity index (χ0v) is 22.9. The van der Waals surface area contributed by atoms with Crippen LogP contribution in [0.5, 0.6) is 0 Å². The molecule has 2 atom stereocenters. The summed E-state index contributed by atoms with van der Waals surface area (Å²) in [4.78, 5) is 32.8. The van der Waals surface area contributed by atoms with Crippen molar-refractivity contribution in [3.8, 4) is 11.1 Å². The third kappa shape index (κ3) is 7.43. The van der Waals surface area contributed by atoms with Crippen molar-refractivity contribution in [1.82, 2.24) is 9.97 Å². The Hall–Kier alpha value is -4.47. The van der Waals surface area contributed by atoms with Gasteiger partial charge in [0, 0.05) is 41.2 Å². The van der Waals surface area contributed by atoms with Crippen LogP contribution in [0, 0.1) is 5.82 Å². The number of fused-ring (bicyclic) bond motifs is 1. The van der Waals surface area contributed by atoms with E-state index < -0.39 is 24.1 Å². The van der Waals surface area contributed by atoms with Gasteiger partial charge in [-0.25, -0.2) is 9.18 Å². The van der Waals surface area contributed by atoms with Gasteiger partial charge in [-0.2, -0.15) is 0 Å². The quantitative estimate of drug-likeness (QED) is 0.176. The van der Waals surface area contributed by atoms with Crippen LogP contribution < -0.4 is 0 Å². The summed E-state index contributed by atoms with van der Waals surface area (Å²) in [6.07, 6.45) is 5.71. The Labute approximate surface area is 242 Å². The molecule has 1 aliphatic rings. The Morgan fingerprint density at radius 2 is 1.76 bits per heavy atom. The molecular weight excluding hydrogens is 539 g/mol. The molecule has 0 saturated heterocycles. The van der Waals surface area contributed by atoms with Crippen LogP contribution in [0.4, 0.5) is 4.39 Å². The van der Waals surface area contributed by atoms with Crippen LogP contribution in [0.15, 0.2) is 79.1 Å². The van der Waals surface area contributed by atoms with E-state index in [0.717, 1.165) is 46.1 Å². The topological polar surface area (TPSA) is 119 Å². The second-order valence-electron chi connectivity index (χ2n) is 10.2. The molecule has 9 heteroatoms. The van der Waals surface area contributed by atoms with Gasteiger partial charge in [0.2, 0.25) is 0 Å². The lowest BCUT2D eigenvalue weighted by atomic mass is 9.92. The Morgan fingerprint density at radius 3 is 2.50 bits per heavy atom. The summed E-state index contributed by atoms with van der Waals surface area (Å²) in [5, 5.41) is 22.0. The van der Waals surface area contributed by atoms with Gasteiger partial charge in [-0.05, 0) is 48.7 Å². The van der Waals surface area contributed by atoms with E-state index in [-0.39, 0.29) is 37.4 Å². The van der Waals surface area contributed by atoms with E-state index >= 15 is 0 Å². The Morgan fingerprint density at radius 1 is 1.00 bits per heavy atom. The largest absolute Gasteiger partial charge is 0.462 e. The van der Waals surface area contributed by atoms with Crippen molar-refractivity contribution in [3.63, 3.8) is 0 Å². The van der Waals surface area contributed by atoms with Crippen LogP contribution >= 0.6 is 0 Å². The van der Waals surface area contributed by atoms with Crippen LogP contribution in [-0.2, 0) is 14.3 Å². The van der Waals surface area contributed by atoms with Crippen LogP contribution in [0.1, 0.15) is 53.2 Å². The SMILES string of the molecule is O=C(C[C@H](O)C[C@H](O)/C=C/c1c(C2CC2)nc2ccccc2c1-c1ccc(F)cc1)OCCOC(=O)c1cccnc1. The molecule has 8 nitrogen and oxygen atoms in total. The van der Waals surface area contributed by atoms with Gasteiger partial charge in [-0.3, -0.25) is 14.8 Å². The van der Waals surface area contributed by atoms with E-state index in [0.29, 0.717) is 5.92 Å². The average Bonchev–Trinajstić information content (AvgIpc) is 3.84. The minimum atomic E-state index is -1.15. The molecule has 0 aliphatic heterocycles. The molecule has 2 heterocycles. The fourth-order valence-corrected chi connectivity index (χ4v) is 4.77. The molecule has 2 aromatic carbocycles. The van der Waals surface area contributed by atoms with Crippen molar-refractivity contribution < 1.29 is 33.7 Å². The molecular formula is C33H31FN2O6. The van der Waals surface area contributed by atoms with E-state index in [1.807, 2.05) is 24.3 Å². The van der Waals surface area contributed by atoms with Crippen molar-refractivity contribution in [2.45, 2.75) is 43.8 Å². The summed E-state index contributed by atoms with van der Waals surface area (Å²) in [5.74, 6) is -1.28. The molecule has 1 saturated carbocycles. The fourth-order valence-electron chi connectivity index (χ4n) is 4.77. The Bertz CT molecular complexity index is 1570. The van der Waals surface area contributed by atoms with E-state index in [2.05, 4.69) is 4.98 Å². The number of hydrogen-bond donors (Lipinski definition) is 2. The van der Waals surface area contributed by atoms with Crippen LogP contribution in [-0.4, -0.2) is 57.5 Å². The number of rotatable bonds is 12. The number of carbonyl (C=O) groups excluding carboxylic acids is 2. The zero-order chi connectivity index (χ0) is 29.5. The number of para-hydroxylation sites is 1. The molecule has 42 heavy (non-hydrogen) atoms. The summed E-state index contributed by atoms with van der Waals surface area (Å²) in [6, 6.07) is 17.3. The number of aliphatic hydroxyl groups is 2. The molecule has 4 aromatic rings. The van der Waals surface area contributed by atoms with Crippen molar-refractivity contribution in [3.05, 3.63) is 102 Å². The predicted octanol–water partition coefficient (Wildman–Crippen LogP) is 5.23. The van der Waals surface area contributed by atoms with Gasteiger partial charge in [0.25, 0.3) is 0 Å². The van der Waals surface area contributed by atoms with Crippen molar-refractivity contribution in [2.75, 3.05) is 13.2 Å². The van der Waals surface area contributed by atoms with E-state index in [9.17, 15) is 24.2 Å². The average molecular weight is 571 g/mol. The molecule has 0 radical (unpaired) electrons. The van der Waals surface area contributed by atoms with Crippen molar-refractivity contribution in [1.29, 1.82) is 0 Å². The summed E-state index contributed by atoms with van der Waals surface area (Å²) in [6.45, 7) is -0.300. The monoisotopic (exact) mass is 570 g/mol. The van der Waals surface area contributed by atoms with Gasteiger partial charge in [0.15, 0.2) is 0 Å². The number of carbonyl (C=O) groups is 2. The molecule has 0 amide bonds. The molecule has 216 valence electrons. The van der Waals surface area contributed by atoms with Gasteiger partial charge in [0.05, 0.1) is 35.4 Å². The maximum atomic E-state index is 13.7. The second kappa shape index (κ2) is 13.5. The highest BCUT2D eigenvalue weighted by atomic mass is 19.1. The standard InChI is InChI=1S/C33H31FN2O6/c34-24-11-9-21(10-12-24)31-27-5-1-2-6-29(27)36-32(22-7-8-22)28(31)14-13-25(37)18-26(38)19-30(39)41-16-17-42-33(40)23-4-3-15-35-20-23/h1-6,9-15,20,22,25-26,37-38H,7-8,16-19H2/b14-13+/t25-,26-/m1/s1. The summed E-state index contributed by atoms with van der Waals surface area (Å²) < 4.78 is 23.8. The zero-order valence-electron chi connectivity index (χ0n) is 22.9. The number of aromatic nitrogens is 2. The van der Waals surface area contributed by atoms with Crippen molar-refractivity contribution >= 4 is 28.9 Å². The van der Waals surface area contributed by atoms with Gasteiger partial charge in [-0.15, -0.1) is 0 Å². The molecule has 1 aliphatic carbocycles. The molecule has 5 rings (SSSR count). The Balaban J connectivity index is 1.22. The van der Waals surface area contributed by atoms with Gasteiger partial charge >= 0.3 is 11.9 Å². The summed E-state index contributed by atoms with van der Waals surface area (Å²) >= 11 is 0. The second-order valence-corrected chi connectivity index (χ2v) is 10.2. The highest BCUT2D eigenvalue weighted by Crippen LogP contribution is 2.45. The first-order valence-electron chi connectivity index (χ1n) is 13.8. The number of aliphatic hydroxyl groups excluding tert-OH is 2. The lowest BCUT2D eigenvalue weighted by Gasteiger charge is -2.16. The number of pyridine rings is 2. The van der Waals surface area contributed by atoms with E-state index in [1.165, 1.54) is 24.5 Å². The predicted molar refractivity (Wildman–Crippen MR) is 155 cm³/mol. The number of ether oxygens (including phenoxy) is 2. The summed E-state index contributed by atoms with van der Waals surface area (Å²) in [7, 11) is 0. The first kappa shape index (κ1) is 29.0. The lowest BCUT2D eigenvalue weighted by molar-refractivity contribution is -0.147. The number of nitrogens with zero attached hydrogens (tertiary/aromatic N) is 2. The molecule has 1 fully saturated rings. The van der Waals surface area contributed by atoms with Gasteiger partial charge in [-0.1, -0.05) is 42.5 Å². The normalized spacial score (nSPS) is 14.5. The maximum Gasteiger partial charge on any atom is 0.339 e. The minimum Gasteiger partial charge on any atom is -0.462 e. The lowest BCUT2D eigenvalue weighted by Crippen LogP contribution is -2.22. The Kier molecular flexibility index (Phi) is 9.31. The first-order chi connectivity index (χ1) is 20.4. The smallest absolute Gasteiger partial charge is 0.339 e. The van der Waals surface area contributed by atoms with Crippen LogP contribution in [0.2, 0.25) is 0 Å². The maximum absolute atomic E-state index is 13.7. The third-order valence-electron chi connectivity index (χ3n) is 6.93. The molecule has 2 N–H and O–H groups in total. The van der Waals surface area contributed by atoms with Crippen LogP contribution in [0.25, 0.3) is 28.1 Å². The van der Waals surface area contributed by atoms with E-state index in [1.54, 1.807) is 36.4 Å². The molecule has 2 aromatic heterocycles. The molecule has 0 bridgehead atoms. The number of esters is 2. The number of benzene rings is 2. The third-order valence-corrected chi connectivity index (χ3v) is 6.93. The van der Waals surface area contributed by atoms with Gasteiger partial charge in [0.1, 0.15) is 19.0 Å². The highest BCUT2D eigenvalue weighted by Gasteiger charge is 2.29. The van der Waals surface area contributed by atoms with Gasteiger partial charge < -0.3 is 19.7 Å². The van der Waals surface area contributed by atoms with Crippen LogP contribution in [0.3, 0.4) is 0 Å².